The van der Waals surface area contributed by atoms with E-state index in [-0.39, 0.29) is 30.7 Å². The second kappa shape index (κ2) is 11.8. The standard InChI is InChI=1S/C19H29N3O3.2ClH/c1-24-19(7-9-20-10-8-19)18(23)21-17-4-2-16(3-5-17)6-11-22-12-14-25-15-13-22;;/h2-5,20H,6-15H2,1H3,(H,21,23);2*1H. The van der Waals surface area contributed by atoms with Crippen LogP contribution in [0.4, 0.5) is 5.69 Å². The van der Waals surface area contributed by atoms with Crippen molar-refractivity contribution in [2.75, 3.05) is 58.4 Å². The Morgan fingerprint density at radius 2 is 1.81 bits per heavy atom. The van der Waals surface area contributed by atoms with Gasteiger partial charge < -0.3 is 20.1 Å². The van der Waals surface area contributed by atoms with Crippen LogP contribution in [0.3, 0.4) is 0 Å². The summed E-state index contributed by atoms with van der Waals surface area (Å²) in [5.74, 6) is -0.0439. The maximum absolute atomic E-state index is 12.7. The SMILES string of the molecule is COC1(C(=O)Nc2ccc(CCN3CCOCC3)cc2)CCNCC1.Cl.Cl. The fraction of sp³-hybridized carbons (Fsp3) is 0.632. The third-order valence-corrected chi connectivity index (χ3v) is 5.25. The van der Waals surface area contributed by atoms with Crippen LogP contribution in [-0.2, 0) is 20.7 Å². The molecule has 1 amide bonds. The van der Waals surface area contributed by atoms with Crippen LogP contribution in [0, 0.1) is 0 Å². The number of hydrogen-bond acceptors (Lipinski definition) is 5. The van der Waals surface area contributed by atoms with E-state index < -0.39 is 5.60 Å². The molecule has 6 nitrogen and oxygen atoms in total. The van der Waals surface area contributed by atoms with E-state index in [1.165, 1.54) is 5.56 Å². The minimum atomic E-state index is -0.708. The van der Waals surface area contributed by atoms with Crippen LogP contribution in [0.1, 0.15) is 18.4 Å². The Bertz CT molecular complexity index is 560. The Morgan fingerprint density at radius 1 is 1.19 bits per heavy atom. The average Bonchev–Trinajstić information content (AvgIpc) is 2.68. The van der Waals surface area contributed by atoms with E-state index in [2.05, 4.69) is 27.7 Å². The molecule has 1 aromatic carbocycles. The number of morpholine rings is 1. The predicted octanol–water partition coefficient (Wildman–Crippen LogP) is 2.11. The summed E-state index contributed by atoms with van der Waals surface area (Å²) in [5, 5.41) is 6.29. The largest absolute Gasteiger partial charge is 0.379 e. The Hall–Kier alpha value is -0.890. The van der Waals surface area contributed by atoms with Gasteiger partial charge in [0, 0.05) is 32.4 Å². The number of nitrogens with one attached hydrogen (secondary N) is 2. The highest BCUT2D eigenvalue weighted by Gasteiger charge is 2.39. The number of methoxy groups -OCH3 is 1. The van der Waals surface area contributed by atoms with Gasteiger partial charge in [0.15, 0.2) is 0 Å². The molecule has 0 aromatic heterocycles. The summed E-state index contributed by atoms with van der Waals surface area (Å²) in [5.41, 5.74) is 1.41. The van der Waals surface area contributed by atoms with Crippen LogP contribution in [0.5, 0.6) is 0 Å². The molecule has 2 fully saturated rings. The number of rotatable bonds is 6. The van der Waals surface area contributed by atoms with Gasteiger partial charge in [0.1, 0.15) is 5.60 Å². The van der Waals surface area contributed by atoms with E-state index in [9.17, 15) is 4.79 Å². The Morgan fingerprint density at radius 3 is 2.41 bits per heavy atom. The summed E-state index contributed by atoms with van der Waals surface area (Å²) < 4.78 is 11.0. The Balaban J connectivity index is 0.00000182. The van der Waals surface area contributed by atoms with Crippen LogP contribution in [0.15, 0.2) is 24.3 Å². The normalized spacial score (nSPS) is 19.4. The van der Waals surface area contributed by atoms with Crippen molar-refractivity contribution in [3.8, 4) is 0 Å². The van der Waals surface area contributed by atoms with Gasteiger partial charge in [0.05, 0.1) is 13.2 Å². The molecule has 0 bridgehead atoms. The lowest BCUT2D eigenvalue weighted by Crippen LogP contribution is -2.51. The van der Waals surface area contributed by atoms with E-state index in [0.29, 0.717) is 12.8 Å². The molecule has 0 atom stereocenters. The Kier molecular flexibility index (Phi) is 10.6. The third-order valence-electron chi connectivity index (χ3n) is 5.25. The van der Waals surface area contributed by atoms with Gasteiger partial charge in [-0.3, -0.25) is 9.69 Å². The first-order valence-electron chi connectivity index (χ1n) is 9.18. The first kappa shape index (κ1) is 24.1. The molecule has 2 aliphatic rings. The molecule has 0 saturated carbocycles. The summed E-state index contributed by atoms with van der Waals surface area (Å²) in [6, 6.07) is 8.16. The van der Waals surface area contributed by atoms with Crippen LogP contribution < -0.4 is 10.6 Å². The highest BCUT2D eigenvalue weighted by molar-refractivity contribution is 5.97. The van der Waals surface area contributed by atoms with Gasteiger partial charge in [0.25, 0.3) is 5.91 Å². The van der Waals surface area contributed by atoms with E-state index in [0.717, 1.165) is 58.0 Å². The van der Waals surface area contributed by atoms with Crippen LogP contribution in [-0.4, -0.2) is 69.5 Å². The number of benzene rings is 1. The summed E-state index contributed by atoms with van der Waals surface area (Å²) in [6.45, 7) is 6.37. The topological polar surface area (TPSA) is 62.8 Å². The molecular formula is C19H31Cl2N3O3. The number of carbonyl (C=O) groups excluding carboxylic acids is 1. The second-order valence-electron chi connectivity index (χ2n) is 6.80. The van der Waals surface area contributed by atoms with Gasteiger partial charge in [-0.2, -0.15) is 0 Å². The number of hydrogen-bond donors (Lipinski definition) is 2. The summed E-state index contributed by atoms with van der Waals surface area (Å²) >= 11 is 0. The number of anilines is 1. The number of halogens is 2. The van der Waals surface area contributed by atoms with Crippen molar-refractivity contribution in [3.05, 3.63) is 29.8 Å². The number of piperidine rings is 1. The lowest BCUT2D eigenvalue weighted by atomic mass is 9.91. The van der Waals surface area contributed by atoms with E-state index in [4.69, 9.17) is 9.47 Å². The maximum atomic E-state index is 12.7. The molecule has 2 N–H and O–H groups in total. The van der Waals surface area contributed by atoms with Crippen molar-refractivity contribution < 1.29 is 14.3 Å². The zero-order valence-corrected chi connectivity index (χ0v) is 17.5. The number of carbonyl (C=O) groups is 1. The average molecular weight is 420 g/mol. The quantitative estimate of drug-likeness (QED) is 0.738. The monoisotopic (exact) mass is 419 g/mol. The molecule has 8 heteroatoms. The van der Waals surface area contributed by atoms with Crippen molar-refractivity contribution in [3.63, 3.8) is 0 Å². The number of nitrogens with zero attached hydrogens (tertiary/aromatic N) is 1. The number of ether oxygens (including phenoxy) is 2. The molecule has 2 heterocycles. The predicted molar refractivity (Wildman–Crippen MR) is 112 cm³/mol. The van der Waals surface area contributed by atoms with Gasteiger partial charge in [-0.25, -0.2) is 0 Å². The fourth-order valence-electron chi connectivity index (χ4n) is 3.47. The molecule has 154 valence electrons. The molecule has 0 aliphatic carbocycles. The molecule has 0 spiro atoms. The van der Waals surface area contributed by atoms with Crippen molar-refractivity contribution in [1.29, 1.82) is 0 Å². The maximum Gasteiger partial charge on any atom is 0.256 e. The van der Waals surface area contributed by atoms with E-state index in [1.54, 1.807) is 7.11 Å². The zero-order chi connectivity index (χ0) is 17.5. The molecule has 27 heavy (non-hydrogen) atoms. The van der Waals surface area contributed by atoms with Crippen molar-refractivity contribution in [2.24, 2.45) is 0 Å². The minimum Gasteiger partial charge on any atom is -0.379 e. The lowest BCUT2D eigenvalue weighted by molar-refractivity contribution is -0.140. The van der Waals surface area contributed by atoms with E-state index in [1.807, 2.05) is 12.1 Å². The summed E-state index contributed by atoms with van der Waals surface area (Å²) in [7, 11) is 1.62. The van der Waals surface area contributed by atoms with Crippen molar-refractivity contribution in [1.82, 2.24) is 10.2 Å². The summed E-state index contributed by atoms with van der Waals surface area (Å²) in [4.78, 5) is 15.1. The minimum absolute atomic E-state index is 0. The molecule has 2 saturated heterocycles. The first-order valence-corrected chi connectivity index (χ1v) is 9.18. The summed E-state index contributed by atoms with van der Waals surface area (Å²) in [6.07, 6.45) is 2.42. The van der Waals surface area contributed by atoms with Gasteiger partial charge in [-0.15, -0.1) is 24.8 Å². The van der Waals surface area contributed by atoms with Gasteiger partial charge in [-0.1, -0.05) is 12.1 Å². The molecule has 1 aromatic rings. The fourth-order valence-corrected chi connectivity index (χ4v) is 3.47. The molecule has 0 radical (unpaired) electrons. The molecule has 3 rings (SSSR count). The van der Waals surface area contributed by atoms with Gasteiger partial charge >= 0.3 is 0 Å². The first-order chi connectivity index (χ1) is 12.2. The van der Waals surface area contributed by atoms with Crippen LogP contribution in [0.2, 0.25) is 0 Å². The van der Waals surface area contributed by atoms with Crippen LogP contribution >= 0.6 is 24.8 Å². The zero-order valence-electron chi connectivity index (χ0n) is 15.9. The second-order valence-corrected chi connectivity index (χ2v) is 6.80. The lowest BCUT2D eigenvalue weighted by Gasteiger charge is -2.34. The molecule has 2 aliphatic heterocycles. The van der Waals surface area contributed by atoms with Crippen molar-refractivity contribution in [2.45, 2.75) is 24.9 Å². The third kappa shape index (κ3) is 6.59. The highest BCUT2D eigenvalue weighted by atomic mass is 35.5. The Labute approximate surface area is 174 Å². The van der Waals surface area contributed by atoms with Gasteiger partial charge in [-0.05, 0) is 50.0 Å². The van der Waals surface area contributed by atoms with E-state index >= 15 is 0 Å². The highest BCUT2D eigenvalue weighted by Crippen LogP contribution is 2.24. The van der Waals surface area contributed by atoms with Gasteiger partial charge in [0.2, 0.25) is 0 Å². The number of amides is 1. The smallest absolute Gasteiger partial charge is 0.256 e. The molecule has 0 unspecified atom stereocenters. The van der Waals surface area contributed by atoms with Crippen molar-refractivity contribution >= 4 is 36.4 Å². The van der Waals surface area contributed by atoms with Crippen LogP contribution in [0.25, 0.3) is 0 Å². The molecular weight excluding hydrogens is 389 g/mol.